The van der Waals surface area contributed by atoms with Gasteiger partial charge in [-0.15, -0.1) is 0 Å². The second-order valence-corrected chi connectivity index (χ2v) is 8.13. The summed E-state index contributed by atoms with van der Waals surface area (Å²) in [6.07, 6.45) is 1.38. The topological polar surface area (TPSA) is 87.7 Å². The van der Waals surface area contributed by atoms with Crippen LogP contribution in [0.15, 0.2) is 78.9 Å². The summed E-state index contributed by atoms with van der Waals surface area (Å²) in [6, 6.07) is 23.5. The van der Waals surface area contributed by atoms with E-state index in [1.54, 1.807) is 47.4 Å². The van der Waals surface area contributed by atoms with Gasteiger partial charge >= 0.3 is 0 Å². The van der Waals surface area contributed by atoms with Crippen molar-refractivity contribution in [3.05, 3.63) is 90.0 Å². The van der Waals surface area contributed by atoms with E-state index in [4.69, 9.17) is 4.74 Å². The van der Waals surface area contributed by atoms with Crippen LogP contribution in [0.3, 0.4) is 0 Å². The van der Waals surface area contributed by atoms with Gasteiger partial charge in [-0.1, -0.05) is 48.5 Å². The molecule has 1 atom stereocenters. The highest BCUT2D eigenvalue weighted by Crippen LogP contribution is 2.25. The molecule has 1 aliphatic heterocycles. The fraction of sp³-hybridized carbons (Fsp3) is 0.222. The van der Waals surface area contributed by atoms with Crippen LogP contribution in [0.2, 0.25) is 0 Å². The summed E-state index contributed by atoms with van der Waals surface area (Å²) in [4.78, 5) is 39.1. The molecule has 0 aromatic heterocycles. The zero-order valence-corrected chi connectivity index (χ0v) is 19.0. The fourth-order valence-electron chi connectivity index (χ4n) is 3.89. The van der Waals surface area contributed by atoms with Gasteiger partial charge in [0.25, 0.3) is 11.8 Å². The van der Waals surface area contributed by atoms with Gasteiger partial charge in [-0.25, -0.2) is 0 Å². The zero-order chi connectivity index (χ0) is 23.9. The molecule has 7 nitrogen and oxygen atoms in total. The first-order valence-electron chi connectivity index (χ1n) is 11.3. The number of carbonyl (C=O) groups is 3. The second-order valence-electron chi connectivity index (χ2n) is 8.13. The highest BCUT2D eigenvalue weighted by molar-refractivity contribution is 6.04. The molecule has 34 heavy (non-hydrogen) atoms. The number of ether oxygens (including phenoxy) is 1. The molecule has 0 spiro atoms. The van der Waals surface area contributed by atoms with E-state index in [0.29, 0.717) is 30.0 Å². The number of para-hydroxylation sites is 1. The van der Waals surface area contributed by atoms with Crippen LogP contribution < -0.4 is 20.3 Å². The summed E-state index contributed by atoms with van der Waals surface area (Å²) in [5.74, 6) is -0.0865. The van der Waals surface area contributed by atoms with Crippen molar-refractivity contribution in [1.82, 2.24) is 5.32 Å². The van der Waals surface area contributed by atoms with E-state index in [0.717, 1.165) is 17.7 Å². The summed E-state index contributed by atoms with van der Waals surface area (Å²) in [5, 5.41) is 5.73. The quantitative estimate of drug-likeness (QED) is 0.527. The molecule has 2 N–H and O–H groups in total. The van der Waals surface area contributed by atoms with Crippen molar-refractivity contribution in [3.63, 3.8) is 0 Å². The van der Waals surface area contributed by atoms with Crippen molar-refractivity contribution in [3.8, 4) is 5.75 Å². The first-order valence-corrected chi connectivity index (χ1v) is 11.3. The Bertz CT molecular complexity index is 1180. The van der Waals surface area contributed by atoms with Crippen molar-refractivity contribution in [1.29, 1.82) is 0 Å². The van der Waals surface area contributed by atoms with Gasteiger partial charge in [0.1, 0.15) is 5.75 Å². The molecule has 1 fully saturated rings. The zero-order valence-electron chi connectivity index (χ0n) is 19.0. The predicted octanol–water partition coefficient (Wildman–Crippen LogP) is 4.32. The van der Waals surface area contributed by atoms with Gasteiger partial charge in [-0.2, -0.15) is 0 Å². The second kappa shape index (κ2) is 10.7. The number of hydrogen-bond donors (Lipinski definition) is 2. The number of rotatable bonds is 8. The number of anilines is 2. The summed E-state index contributed by atoms with van der Waals surface area (Å²) < 4.78 is 5.65. The molecule has 3 aromatic carbocycles. The van der Waals surface area contributed by atoms with Gasteiger partial charge in [0.2, 0.25) is 5.91 Å². The monoisotopic (exact) mass is 457 g/mol. The lowest BCUT2D eigenvalue weighted by Crippen LogP contribution is -2.28. The first kappa shape index (κ1) is 23.0. The molecule has 1 saturated heterocycles. The lowest BCUT2D eigenvalue weighted by Gasteiger charge is -2.17. The van der Waals surface area contributed by atoms with Gasteiger partial charge in [0, 0.05) is 24.7 Å². The Morgan fingerprint density at radius 3 is 2.53 bits per heavy atom. The summed E-state index contributed by atoms with van der Waals surface area (Å²) in [6.45, 7) is 2.37. The molecule has 0 unspecified atom stereocenters. The minimum absolute atomic E-state index is 0.0892. The number of amides is 3. The minimum atomic E-state index is -0.390. The van der Waals surface area contributed by atoms with E-state index >= 15 is 0 Å². The van der Waals surface area contributed by atoms with E-state index < -0.39 is 0 Å². The molecule has 1 aliphatic rings. The van der Waals surface area contributed by atoms with Gasteiger partial charge in [0.05, 0.1) is 17.3 Å². The molecule has 3 aromatic rings. The van der Waals surface area contributed by atoms with Gasteiger partial charge in [-0.05, 0) is 43.2 Å². The van der Waals surface area contributed by atoms with Crippen LogP contribution in [-0.2, 0) is 9.59 Å². The van der Waals surface area contributed by atoms with Gasteiger partial charge in [-0.3, -0.25) is 14.4 Å². The number of nitrogens with one attached hydrogen (secondary N) is 2. The highest BCUT2D eigenvalue weighted by Gasteiger charge is 2.22. The lowest BCUT2D eigenvalue weighted by molar-refractivity contribution is -0.118. The molecule has 7 heteroatoms. The third kappa shape index (κ3) is 5.61. The highest BCUT2D eigenvalue weighted by atomic mass is 16.5. The van der Waals surface area contributed by atoms with Crippen LogP contribution in [0.1, 0.15) is 41.7 Å². The minimum Gasteiger partial charge on any atom is -0.484 e. The largest absolute Gasteiger partial charge is 0.484 e. The van der Waals surface area contributed by atoms with Gasteiger partial charge < -0.3 is 20.3 Å². The van der Waals surface area contributed by atoms with Crippen molar-refractivity contribution in [2.24, 2.45) is 0 Å². The Morgan fingerprint density at radius 1 is 1.00 bits per heavy atom. The van der Waals surface area contributed by atoms with Crippen molar-refractivity contribution >= 4 is 29.1 Å². The number of nitrogens with zero attached hydrogens (tertiary/aromatic N) is 1. The van der Waals surface area contributed by atoms with Gasteiger partial charge in [0.15, 0.2) is 6.61 Å². The number of carbonyl (C=O) groups excluding carboxylic acids is 3. The fourth-order valence-corrected chi connectivity index (χ4v) is 3.89. The summed E-state index contributed by atoms with van der Waals surface area (Å²) in [7, 11) is 0. The molecule has 1 heterocycles. The molecule has 0 radical (unpaired) electrons. The van der Waals surface area contributed by atoms with Crippen LogP contribution in [0.4, 0.5) is 11.4 Å². The maximum Gasteiger partial charge on any atom is 0.262 e. The predicted molar refractivity (Wildman–Crippen MR) is 131 cm³/mol. The Kier molecular flexibility index (Phi) is 7.22. The summed E-state index contributed by atoms with van der Waals surface area (Å²) >= 11 is 0. The molecule has 0 aliphatic carbocycles. The molecule has 0 bridgehead atoms. The van der Waals surface area contributed by atoms with Crippen LogP contribution in [0.25, 0.3) is 0 Å². The molecule has 0 saturated carbocycles. The number of hydrogen-bond acceptors (Lipinski definition) is 4. The maximum absolute atomic E-state index is 12.9. The first-order chi connectivity index (χ1) is 16.5. The van der Waals surface area contributed by atoms with Crippen molar-refractivity contribution in [2.75, 3.05) is 23.4 Å². The molecule has 4 rings (SSSR count). The number of benzene rings is 3. The third-order valence-corrected chi connectivity index (χ3v) is 5.67. The molecular weight excluding hydrogens is 430 g/mol. The Hall–Kier alpha value is -4.13. The van der Waals surface area contributed by atoms with Crippen LogP contribution in [0, 0.1) is 0 Å². The lowest BCUT2D eigenvalue weighted by atomic mass is 10.1. The smallest absolute Gasteiger partial charge is 0.262 e. The molecule has 174 valence electrons. The van der Waals surface area contributed by atoms with Crippen LogP contribution in [0.5, 0.6) is 5.75 Å². The van der Waals surface area contributed by atoms with Crippen LogP contribution >= 0.6 is 0 Å². The Morgan fingerprint density at radius 2 is 1.76 bits per heavy atom. The summed E-state index contributed by atoms with van der Waals surface area (Å²) in [5.41, 5.74) is 2.53. The van der Waals surface area contributed by atoms with E-state index in [2.05, 4.69) is 10.6 Å². The van der Waals surface area contributed by atoms with E-state index in [-0.39, 0.29) is 30.4 Å². The molecular formula is C27H27N3O4. The standard InChI is InChI=1S/C27H27N3O4/c1-19(20-9-3-2-4-10-20)28-27(33)23-13-5-6-14-24(23)29-25(31)18-34-22-12-7-11-21(17-22)30-16-8-15-26(30)32/h2-7,9-14,17,19H,8,15-16,18H2,1H3,(H,28,33)(H,29,31)/t19-/m0/s1. The van der Waals surface area contributed by atoms with E-state index in [9.17, 15) is 14.4 Å². The van der Waals surface area contributed by atoms with Crippen LogP contribution in [-0.4, -0.2) is 30.9 Å². The van der Waals surface area contributed by atoms with E-state index in [1.807, 2.05) is 43.3 Å². The Balaban J connectivity index is 1.37. The average molecular weight is 458 g/mol. The molecule has 3 amide bonds. The maximum atomic E-state index is 12.9. The SMILES string of the molecule is C[C@H](NC(=O)c1ccccc1NC(=O)COc1cccc(N2CCCC2=O)c1)c1ccccc1. The average Bonchev–Trinajstić information content (AvgIpc) is 3.29. The van der Waals surface area contributed by atoms with Crippen molar-refractivity contribution in [2.45, 2.75) is 25.8 Å². The van der Waals surface area contributed by atoms with Crippen molar-refractivity contribution < 1.29 is 19.1 Å². The normalized spacial score (nSPS) is 13.9. The third-order valence-electron chi connectivity index (χ3n) is 5.67. The van der Waals surface area contributed by atoms with E-state index in [1.165, 1.54) is 0 Å². The Labute approximate surface area is 198 Å².